The van der Waals surface area contributed by atoms with Crippen LogP contribution in [0.1, 0.15) is 25.0 Å². The Morgan fingerprint density at radius 1 is 1.24 bits per heavy atom. The first-order valence-electron chi connectivity index (χ1n) is 6.82. The molecule has 0 amide bonds. The normalized spacial score (nSPS) is 18.9. The Morgan fingerprint density at radius 2 is 1.95 bits per heavy atom. The number of esters is 1. The lowest BCUT2D eigenvalue weighted by molar-refractivity contribution is -0.137. The molecule has 1 aromatic rings. The Bertz CT molecular complexity index is 625. The van der Waals surface area contributed by atoms with Gasteiger partial charge in [-0.25, -0.2) is 4.79 Å². The topological polar surface area (TPSA) is 52.6 Å². The fourth-order valence-electron chi connectivity index (χ4n) is 2.47. The molecule has 1 atom stereocenters. The van der Waals surface area contributed by atoms with Gasteiger partial charge < -0.3 is 9.47 Å². The molecular formula is C17H18O4. The third-order valence-electron chi connectivity index (χ3n) is 3.34. The number of rotatable bonds is 4. The third-order valence-corrected chi connectivity index (χ3v) is 3.34. The molecule has 0 heterocycles. The second-order valence-corrected chi connectivity index (χ2v) is 4.66. The van der Waals surface area contributed by atoms with E-state index in [-0.39, 0.29) is 11.4 Å². The van der Waals surface area contributed by atoms with Crippen LogP contribution in [0, 0.1) is 0 Å². The van der Waals surface area contributed by atoms with Gasteiger partial charge in [-0.2, -0.15) is 0 Å². The summed E-state index contributed by atoms with van der Waals surface area (Å²) in [6, 6.07) is 7.60. The van der Waals surface area contributed by atoms with Crippen molar-refractivity contribution in [1.82, 2.24) is 0 Å². The summed E-state index contributed by atoms with van der Waals surface area (Å²) in [4.78, 5) is 24.0. The van der Waals surface area contributed by atoms with Crippen molar-refractivity contribution in [3.8, 4) is 0 Å². The third kappa shape index (κ3) is 2.95. The molecular weight excluding hydrogens is 268 g/mol. The van der Waals surface area contributed by atoms with E-state index < -0.39 is 12.1 Å². The Hall–Kier alpha value is -2.20. The van der Waals surface area contributed by atoms with Crippen molar-refractivity contribution in [2.45, 2.75) is 20.0 Å². The van der Waals surface area contributed by atoms with Crippen molar-refractivity contribution in [2.24, 2.45) is 0 Å². The molecule has 2 rings (SSSR count). The van der Waals surface area contributed by atoms with Crippen LogP contribution in [0.4, 0.5) is 0 Å². The molecule has 0 saturated carbocycles. The second-order valence-electron chi connectivity index (χ2n) is 4.66. The van der Waals surface area contributed by atoms with Crippen molar-refractivity contribution in [1.29, 1.82) is 0 Å². The van der Waals surface area contributed by atoms with Gasteiger partial charge in [-0.15, -0.1) is 0 Å². The summed E-state index contributed by atoms with van der Waals surface area (Å²) in [5, 5.41) is 0. The minimum absolute atomic E-state index is 0.0488. The molecule has 0 spiro atoms. The number of ether oxygens (including phenoxy) is 2. The van der Waals surface area contributed by atoms with Crippen molar-refractivity contribution in [3.05, 3.63) is 47.0 Å². The zero-order chi connectivity index (χ0) is 15.4. The highest BCUT2D eigenvalue weighted by atomic mass is 16.5. The molecule has 4 nitrogen and oxygen atoms in total. The smallest absolute Gasteiger partial charge is 0.341 e. The molecule has 0 saturated heterocycles. The molecule has 0 N–H and O–H groups in total. The first-order valence-corrected chi connectivity index (χ1v) is 6.82. The van der Waals surface area contributed by atoms with Crippen LogP contribution in [0.2, 0.25) is 0 Å². The predicted octanol–water partition coefficient (Wildman–Crippen LogP) is 2.63. The van der Waals surface area contributed by atoms with Gasteiger partial charge in [0.15, 0.2) is 5.78 Å². The zero-order valence-corrected chi connectivity index (χ0v) is 12.4. The Balaban J connectivity index is 2.71. The lowest BCUT2D eigenvalue weighted by atomic mass is 9.86. The Labute approximate surface area is 124 Å². The zero-order valence-electron chi connectivity index (χ0n) is 12.4. The molecule has 4 heteroatoms. The minimum atomic E-state index is -0.632. The molecule has 1 aliphatic rings. The molecule has 0 bridgehead atoms. The summed E-state index contributed by atoms with van der Waals surface area (Å²) in [6.45, 7) is 3.72. The van der Waals surface area contributed by atoms with Crippen LogP contribution in [0.15, 0.2) is 35.9 Å². The van der Waals surface area contributed by atoms with Crippen molar-refractivity contribution in [3.63, 3.8) is 0 Å². The van der Waals surface area contributed by atoms with Crippen molar-refractivity contribution in [2.75, 3.05) is 13.7 Å². The van der Waals surface area contributed by atoms with Gasteiger partial charge in [-0.05, 0) is 25.0 Å². The number of hydrogen-bond acceptors (Lipinski definition) is 4. The standard InChI is InChI=1S/C17H18O4/c1-4-21-14-10-9-12-7-5-6-8-13(12)16(14)15(11(2)18)17(19)20-3/h5-10,14H,4H2,1-3H3/b16-15-. The van der Waals surface area contributed by atoms with E-state index in [0.29, 0.717) is 12.2 Å². The van der Waals surface area contributed by atoms with Gasteiger partial charge in [-0.1, -0.05) is 36.4 Å². The van der Waals surface area contributed by atoms with E-state index in [1.807, 2.05) is 43.3 Å². The van der Waals surface area contributed by atoms with Gasteiger partial charge in [0.2, 0.25) is 0 Å². The Morgan fingerprint density at radius 3 is 2.57 bits per heavy atom. The monoisotopic (exact) mass is 286 g/mol. The van der Waals surface area contributed by atoms with E-state index >= 15 is 0 Å². The highest BCUT2D eigenvalue weighted by Crippen LogP contribution is 2.34. The van der Waals surface area contributed by atoms with Crippen molar-refractivity contribution < 1.29 is 19.1 Å². The summed E-state index contributed by atoms with van der Waals surface area (Å²) in [5.41, 5.74) is 2.40. The molecule has 0 radical (unpaired) electrons. The number of Topliss-reactive ketones (excluding diaryl/α,β-unsaturated/α-hetero) is 1. The van der Waals surface area contributed by atoms with E-state index in [9.17, 15) is 9.59 Å². The lowest BCUT2D eigenvalue weighted by Crippen LogP contribution is -2.23. The fourth-order valence-corrected chi connectivity index (χ4v) is 2.47. The summed E-state index contributed by atoms with van der Waals surface area (Å²) >= 11 is 0. The highest BCUT2D eigenvalue weighted by Gasteiger charge is 2.29. The summed E-state index contributed by atoms with van der Waals surface area (Å²) < 4.78 is 10.4. The van der Waals surface area contributed by atoms with Crippen LogP contribution in [0.25, 0.3) is 11.6 Å². The number of ketones is 1. The summed E-state index contributed by atoms with van der Waals surface area (Å²) in [6.07, 6.45) is 3.37. The summed E-state index contributed by atoms with van der Waals surface area (Å²) in [7, 11) is 1.27. The quantitative estimate of drug-likeness (QED) is 0.369. The first-order chi connectivity index (χ1) is 10.1. The van der Waals surface area contributed by atoms with E-state index in [2.05, 4.69) is 0 Å². The number of benzene rings is 1. The first kappa shape index (κ1) is 15.2. The van der Waals surface area contributed by atoms with Gasteiger partial charge in [-0.3, -0.25) is 4.79 Å². The second kappa shape index (κ2) is 6.50. The molecule has 1 unspecified atom stereocenters. The molecule has 110 valence electrons. The average Bonchev–Trinajstić information content (AvgIpc) is 2.49. The number of carbonyl (C=O) groups excluding carboxylic acids is 2. The molecule has 1 aliphatic carbocycles. The number of hydrogen-bond donors (Lipinski definition) is 0. The van der Waals surface area contributed by atoms with Crippen LogP contribution in [0.3, 0.4) is 0 Å². The number of methoxy groups -OCH3 is 1. The van der Waals surface area contributed by atoms with Gasteiger partial charge in [0.25, 0.3) is 0 Å². The average molecular weight is 286 g/mol. The van der Waals surface area contributed by atoms with Gasteiger partial charge in [0, 0.05) is 12.2 Å². The predicted molar refractivity (Wildman–Crippen MR) is 80.5 cm³/mol. The largest absolute Gasteiger partial charge is 0.465 e. The van der Waals surface area contributed by atoms with Crippen LogP contribution >= 0.6 is 0 Å². The summed E-state index contributed by atoms with van der Waals surface area (Å²) in [5.74, 6) is -0.959. The fraction of sp³-hybridized carbons (Fsp3) is 0.294. The van der Waals surface area contributed by atoms with E-state index in [0.717, 1.165) is 11.1 Å². The SMILES string of the molecule is CCOC1C=Cc2ccccc2/C1=C(\C(C)=O)C(=O)OC. The molecule has 0 aromatic heterocycles. The number of fused-ring (bicyclic) bond motifs is 1. The molecule has 0 aliphatic heterocycles. The van der Waals surface area contributed by atoms with Crippen LogP contribution < -0.4 is 0 Å². The maximum atomic E-state index is 12.0. The van der Waals surface area contributed by atoms with E-state index in [4.69, 9.17) is 9.47 Å². The van der Waals surface area contributed by atoms with Crippen LogP contribution in [-0.2, 0) is 19.1 Å². The highest BCUT2D eigenvalue weighted by molar-refractivity contribution is 6.23. The van der Waals surface area contributed by atoms with E-state index in [1.54, 1.807) is 0 Å². The molecule has 0 fully saturated rings. The molecule has 21 heavy (non-hydrogen) atoms. The van der Waals surface area contributed by atoms with E-state index in [1.165, 1.54) is 14.0 Å². The van der Waals surface area contributed by atoms with Gasteiger partial charge in [0.05, 0.1) is 7.11 Å². The van der Waals surface area contributed by atoms with Crippen molar-refractivity contribution >= 4 is 23.4 Å². The van der Waals surface area contributed by atoms with Crippen LogP contribution in [-0.4, -0.2) is 31.6 Å². The van der Waals surface area contributed by atoms with Gasteiger partial charge >= 0.3 is 5.97 Å². The van der Waals surface area contributed by atoms with Crippen LogP contribution in [0.5, 0.6) is 0 Å². The number of carbonyl (C=O) groups is 2. The maximum Gasteiger partial charge on any atom is 0.341 e. The minimum Gasteiger partial charge on any atom is -0.465 e. The van der Waals surface area contributed by atoms with Gasteiger partial charge in [0.1, 0.15) is 11.7 Å². The lowest BCUT2D eigenvalue weighted by Gasteiger charge is -2.25. The molecule has 1 aromatic carbocycles. The Kier molecular flexibility index (Phi) is 4.70. The maximum absolute atomic E-state index is 12.0.